The van der Waals surface area contributed by atoms with E-state index in [2.05, 4.69) is 22.2 Å². The first-order valence-corrected chi connectivity index (χ1v) is 10.0. The number of ether oxygens (including phenoxy) is 1. The molecule has 0 amide bonds. The van der Waals surface area contributed by atoms with Crippen molar-refractivity contribution in [1.29, 1.82) is 0 Å². The second-order valence-electron chi connectivity index (χ2n) is 7.20. The van der Waals surface area contributed by atoms with E-state index in [1.54, 1.807) is 7.11 Å². The molecule has 30 heavy (non-hydrogen) atoms. The zero-order chi connectivity index (χ0) is 21.5. The minimum absolute atomic E-state index is 0.332. The van der Waals surface area contributed by atoms with Crippen molar-refractivity contribution in [2.45, 2.75) is 20.3 Å². The Morgan fingerprint density at radius 2 is 2.03 bits per heavy atom. The minimum atomic E-state index is -0.332. The monoisotopic (exact) mass is 405 g/mol. The minimum Gasteiger partial charge on any atom is -0.383 e. The highest BCUT2D eigenvalue weighted by atomic mass is 19.1. The van der Waals surface area contributed by atoms with E-state index < -0.39 is 0 Å². The van der Waals surface area contributed by atoms with Crippen molar-refractivity contribution in [3.8, 4) is 0 Å². The summed E-state index contributed by atoms with van der Waals surface area (Å²) >= 11 is 0. The van der Waals surface area contributed by atoms with Crippen LogP contribution in [-0.2, 0) is 4.74 Å². The van der Waals surface area contributed by atoms with Gasteiger partial charge in [-0.1, -0.05) is 43.0 Å². The number of fused-ring (bicyclic) bond motifs is 2. The van der Waals surface area contributed by atoms with Crippen LogP contribution in [0.25, 0.3) is 11.3 Å². The molecular formula is C25H28FN3O. The Morgan fingerprint density at radius 3 is 2.73 bits per heavy atom. The van der Waals surface area contributed by atoms with Crippen LogP contribution in [0.1, 0.15) is 31.4 Å². The van der Waals surface area contributed by atoms with Crippen LogP contribution in [-0.4, -0.2) is 26.0 Å². The number of nitrogens with one attached hydrogen (secondary N) is 2. The maximum atomic E-state index is 14.8. The molecule has 2 aliphatic rings. The van der Waals surface area contributed by atoms with Gasteiger partial charge in [0.15, 0.2) is 5.83 Å². The van der Waals surface area contributed by atoms with Gasteiger partial charge < -0.3 is 15.4 Å². The van der Waals surface area contributed by atoms with Crippen LogP contribution in [0.3, 0.4) is 0 Å². The molecule has 1 aromatic carbocycles. The van der Waals surface area contributed by atoms with E-state index in [1.165, 1.54) is 6.08 Å². The predicted molar refractivity (Wildman–Crippen MR) is 123 cm³/mol. The van der Waals surface area contributed by atoms with Gasteiger partial charge in [-0.3, -0.25) is 0 Å². The van der Waals surface area contributed by atoms with Gasteiger partial charge in [-0.15, -0.1) is 0 Å². The Kier molecular flexibility index (Phi) is 7.20. The van der Waals surface area contributed by atoms with Gasteiger partial charge in [0.25, 0.3) is 0 Å². The molecule has 0 aliphatic carbocycles. The lowest BCUT2D eigenvalue weighted by molar-refractivity contribution is 0.202. The predicted octanol–water partition coefficient (Wildman–Crippen LogP) is 5.27. The number of hydrogen-bond donors (Lipinski definition) is 2. The van der Waals surface area contributed by atoms with Crippen LogP contribution in [0, 0.1) is 0 Å². The third-order valence-corrected chi connectivity index (χ3v) is 4.83. The Labute approximate surface area is 177 Å². The number of rotatable bonds is 8. The summed E-state index contributed by atoms with van der Waals surface area (Å²) in [5.74, 6) is -0.332. The van der Waals surface area contributed by atoms with E-state index >= 15 is 0 Å². The molecule has 0 atom stereocenters. The Bertz CT molecular complexity index is 992. The normalized spacial score (nSPS) is 16.5. The first-order valence-electron chi connectivity index (χ1n) is 10.0. The molecule has 5 heteroatoms. The lowest BCUT2D eigenvalue weighted by Gasteiger charge is -2.15. The number of nitrogens with zero attached hydrogens (tertiary/aromatic N) is 1. The molecule has 3 rings (SSSR count). The van der Waals surface area contributed by atoms with Gasteiger partial charge in [0.05, 0.1) is 6.61 Å². The second-order valence-corrected chi connectivity index (χ2v) is 7.20. The molecule has 0 fully saturated rings. The Morgan fingerprint density at radius 1 is 1.27 bits per heavy atom. The highest BCUT2D eigenvalue weighted by molar-refractivity contribution is 6.02. The first-order chi connectivity index (χ1) is 14.5. The lowest BCUT2D eigenvalue weighted by atomic mass is 10.0. The van der Waals surface area contributed by atoms with Crippen LogP contribution in [0.2, 0.25) is 0 Å². The molecule has 156 valence electrons. The molecule has 2 heterocycles. The zero-order valence-corrected chi connectivity index (χ0v) is 17.8. The first kappa shape index (κ1) is 21.5. The molecule has 0 aromatic heterocycles. The SMILES string of the molecule is C=C(/C=C\C(=C/C)NCCOC)c1ccc(C2=C(F)C=C3CC(=N2)C=C(C)N3)cc1. The summed E-state index contributed by atoms with van der Waals surface area (Å²) in [5, 5.41) is 6.48. The molecular weight excluding hydrogens is 377 g/mol. The number of methoxy groups -OCH3 is 1. The van der Waals surface area contributed by atoms with Crippen LogP contribution in [0.5, 0.6) is 0 Å². The van der Waals surface area contributed by atoms with Gasteiger partial charge in [-0.25, -0.2) is 9.38 Å². The quantitative estimate of drug-likeness (QED) is 0.457. The Hall–Kier alpha value is -3.18. The molecule has 2 N–H and O–H groups in total. The summed E-state index contributed by atoms with van der Waals surface area (Å²) in [6.07, 6.45) is 10.0. The van der Waals surface area contributed by atoms with E-state index in [0.29, 0.717) is 18.7 Å². The van der Waals surface area contributed by atoms with Crippen LogP contribution >= 0.6 is 0 Å². The maximum Gasteiger partial charge on any atom is 0.151 e. The van der Waals surface area contributed by atoms with Gasteiger partial charge >= 0.3 is 0 Å². The fourth-order valence-corrected chi connectivity index (χ4v) is 3.29. The van der Waals surface area contributed by atoms with Crippen LogP contribution in [0.4, 0.5) is 4.39 Å². The van der Waals surface area contributed by atoms with Gasteiger partial charge in [-0.2, -0.15) is 0 Å². The summed E-state index contributed by atoms with van der Waals surface area (Å²) in [7, 11) is 1.68. The largest absolute Gasteiger partial charge is 0.383 e. The summed E-state index contributed by atoms with van der Waals surface area (Å²) < 4.78 is 19.8. The third-order valence-electron chi connectivity index (χ3n) is 4.83. The fourth-order valence-electron chi connectivity index (χ4n) is 3.29. The number of allylic oxidation sites excluding steroid dienone is 9. The summed E-state index contributed by atoms with van der Waals surface area (Å²) in [4.78, 5) is 4.57. The van der Waals surface area contributed by atoms with Gasteiger partial charge in [0.2, 0.25) is 0 Å². The standard InChI is InChI=1S/C25H28FN3O/c1-5-21(27-12-13-30-4)11-6-17(2)19-7-9-20(10-8-19)25-24(26)16-23-15-22(29-25)14-18(3)28-23/h5-11,14,16,27-28H,2,12-13,15H2,1,3-4H3/b11-6-,21-5+. The topological polar surface area (TPSA) is 45.6 Å². The van der Waals surface area contributed by atoms with Crippen LogP contribution in [0.15, 0.2) is 89.1 Å². The van der Waals surface area contributed by atoms with Gasteiger partial charge in [0.1, 0.15) is 5.70 Å². The van der Waals surface area contributed by atoms with Crippen molar-refractivity contribution in [2.75, 3.05) is 20.3 Å². The van der Waals surface area contributed by atoms with E-state index in [1.807, 2.05) is 62.4 Å². The van der Waals surface area contributed by atoms with Crippen molar-refractivity contribution in [3.63, 3.8) is 0 Å². The zero-order valence-electron chi connectivity index (χ0n) is 17.8. The molecule has 0 spiro atoms. The lowest BCUT2D eigenvalue weighted by Crippen LogP contribution is -2.19. The smallest absolute Gasteiger partial charge is 0.151 e. The van der Waals surface area contributed by atoms with E-state index in [0.717, 1.165) is 46.0 Å². The molecule has 0 saturated carbocycles. The third kappa shape index (κ3) is 5.45. The van der Waals surface area contributed by atoms with Gasteiger partial charge in [0, 0.05) is 48.4 Å². The highest BCUT2D eigenvalue weighted by Gasteiger charge is 2.18. The summed E-state index contributed by atoms with van der Waals surface area (Å²) in [6.45, 7) is 9.46. The molecule has 0 unspecified atom stereocenters. The molecule has 0 radical (unpaired) electrons. The summed E-state index contributed by atoms with van der Waals surface area (Å²) in [5.41, 5.74) is 6.60. The van der Waals surface area contributed by atoms with Crippen LogP contribution < -0.4 is 10.6 Å². The molecule has 1 aromatic rings. The number of aliphatic imine (C=N–C) groups is 1. The second kappa shape index (κ2) is 10.0. The number of hydrogen-bond acceptors (Lipinski definition) is 4. The number of halogens is 1. The van der Waals surface area contributed by atoms with E-state index in [-0.39, 0.29) is 5.83 Å². The summed E-state index contributed by atoms with van der Waals surface area (Å²) in [6, 6.07) is 7.66. The Balaban J connectivity index is 1.75. The van der Waals surface area contributed by atoms with Crippen molar-refractivity contribution in [3.05, 3.63) is 95.3 Å². The van der Waals surface area contributed by atoms with Crippen molar-refractivity contribution < 1.29 is 9.13 Å². The van der Waals surface area contributed by atoms with E-state index in [4.69, 9.17) is 4.74 Å². The van der Waals surface area contributed by atoms with Crippen molar-refractivity contribution in [1.82, 2.24) is 10.6 Å². The number of benzene rings is 1. The maximum absolute atomic E-state index is 14.8. The van der Waals surface area contributed by atoms with E-state index in [9.17, 15) is 4.39 Å². The molecule has 4 nitrogen and oxygen atoms in total. The highest BCUT2D eigenvalue weighted by Crippen LogP contribution is 2.29. The van der Waals surface area contributed by atoms with Crippen molar-refractivity contribution in [2.24, 2.45) is 4.99 Å². The average Bonchev–Trinajstić information content (AvgIpc) is 2.85. The van der Waals surface area contributed by atoms with Crippen molar-refractivity contribution >= 4 is 17.0 Å². The fraction of sp³-hybridized carbons (Fsp3) is 0.240. The molecule has 2 bridgehead atoms. The molecule has 2 aliphatic heterocycles. The van der Waals surface area contributed by atoms with Gasteiger partial charge in [-0.05, 0) is 43.2 Å². The molecule has 0 saturated heterocycles. The average molecular weight is 406 g/mol.